The summed E-state index contributed by atoms with van der Waals surface area (Å²) in [5.41, 5.74) is 0. The van der Waals surface area contributed by atoms with E-state index < -0.39 is 18.2 Å². The zero-order chi connectivity index (χ0) is 10.6. The Morgan fingerprint density at radius 2 is 1.50 bits per heavy atom. The van der Waals surface area contributed by atoms with Crippen molar-refractivity contribution in [1.29, 1.82) is 0 Å². The zero-order valence-corrected chi connectivity index (χ0v) is 8.62. The fraction of sp³-hybridized carbons (Fsp3) is 0.800. The molecule has 4 nitrogen and oxygen atoms in total. The van der Waals surface area contributed by atoms with E-state index in [-0.39, 0.29) is 5.92 Å². The Labute approximate surface area is 83.6 Å². The highest BCUT2D eigenvalue weighted by Gasteiger charge is 2.29. The summed E-state index contributed by atoms with van der Waals surface area (Å²) in [4.78, 5) is 21.6. The van der Waals surface area contributed by atoms with Crippen LogP contribution in [-0.2, 0) is 19.1 Å². The van der Waals surface area contributed by atoms with E-state index in [2.05, 4.69) is 0 Å². The summed E-state index contributed by atoms with van der Waals surface area (Å²) in [5.74, 6) is -0.617. The van der Waals surface area contributed by atoms with Gasteiger partial charge in [0, 0.05) is 19.8 Å². The minimum absolute atomic E-state index is 0.183. The van der Waals surface area contributed by atoms with Crippen LogP contribution in [0.25, 0.3) is 0 Å². The molecule has 14 heavy (non-hydrogen) atoms. The van der Waals surface area contributed by atoms with Gasteiger partial charge in [-0.05, 0) is 12.8 Å². The molecule has 1 saturated carbocycles. The Morgan fingerprint density at radius 1 is 1.07 bits per heavy atom. The van der Waals surface area contributed by atoms with Crippen LogP contribution in [0.2, 0.25) is 0 Å². The Kier molecular flexibility index (Phi) is 3.92. The SMILES string of the molecule is CC(=O)OC(OC(C)=O)C1CCCC1. The number of rotatable bonds is 3. The van der Waals surface area contributed by atoms with Crippen molar-refractivity contribution in [2.45, 2.75) is 45.8 Å². The molecule has 0 radical (unpaired) electrons. The molecule has 0 aromatic heterocycles. The van der Waals surface area contributed by atoms with Crippen LogP contribution in [-0.4, -0.2) is 18.2 Å². The third-order valence-corrected chi connectivity index (χ3v) is 2.35. The molecule has 0 aromatic carbocycles. The molecule has 0 N–H and O–H groups in total. The van der Waals surface area contributed by atoms with Gasteiger partial charge in [0.05, 0.1) is 0 Å². The van der Waals surface area contributed by atoms with Crippen LogP contribution in [0.4, 0.5) is 0 Å². The van der Waals surface area contributed by atoms with Gasteiger partial charge >= 0.3 is 11.9 Å². The molecule has 0 bridgehead atoms. The van der Waals surface area contributed by atoms with Crippen LogP contribution in [0.5, 0.6) is 0 Å². The summed E-state index contributed by atoms with van der Waals surface area (Å²) in [7, 11) is 0. The molecule has 1 fully saturated rings. The van der Waals surface area contributed by atoms with E-state index in [1.165, 1.54) is 13.8 Å². The lowest BCUT2D eigenvalue weighted by Gasteiger charge is -2.21. The Balaban J connectivity index is 2.50. The van der Waals surface area contributed by atoms with Crippen LogP contribution in [0.3, 0.4) is 0 Å². The van der Waals surface area contributed by atoms with Gasteiger partial charge in [0.25, 0.3) is 0 Å². The first kappa shape index (κ1) is 11.0. The maximum absolute atomic E-state index is 10.8. The first-order chi connectivity index (χ1) is 6.59. The molecule has 0 atom stereocenters. The second kappa shape index (κ2) is 4.98. The maximum Gasteiger partial charge on any atom is 0.305 e. The predicted octanol–water partition coefficient (Wildman–Crippen LogP) is 1.63. The molecule has 0 aromatic rings. The smallest absolute Gasteiger partial charge is 0.305 e. The van der Waals surface area contributed by atoms with Crippen LogP contribution < -0.4 is 0 Å². The average molecular weight is 200 g/mol. The van der Waals surface area contributed by atoms with Gasteiger partial charge in [0.1, 0.15) is 0 Å². The molecule has 0 saturated heterocycles. The summed E-state index contributed by atoms with van der Waals surface area (Å²) in [6.07, 6.45) is 3.48. The van der Waals surface area contributed by atoms with Crippen molar-refractivity contribution in [2.24, 2.45) is 5.92 Å². The normalized spacial score (nSPS) is 17.1. The monoisotopic (exact) mass is 200 g/mol. The largest absolute Gasteiger partial charge is 0.425 e. The van der Waals surface area contributed by atoms with Crippen LogP contribution >= 0.6 is 0 Å². The first-order valence-corrected chi connectivity index (χ1v) is 4.94. The van der Waals surface area contributed by atoms with Crippen molar-refractivity contribution in [1.82, 2.24) is 0 Å². The third-order valence-electron chi connectivity index (χ3n) is 2.35. The lowest BCUT2D eigenvalue weighted by Crippen LogP contribution is -2.29. The van der Waals surface area contributed by atoms with Crippen molar-refractivity contribution in [3.8, 4) is 0 Å². The Morgan fingerprint density at radius 3 is 1.86 bits per heavy atom. The Bertz CT molecular complexity index is 202. The molecular formula is C10H16O4. The maximum atomic E-state index is 10.8. The number of ether oxygens (including phenoxy) is 2. The number of carbonyl (C=O) groups excluding carboxylic acids is 2. The summed E-state index contributed by atoms with van der Waals surface area (Å²) in [6.45, 7) is 2.65. The van der Waals surface area contributed by atoms with Gasteiger partial charge in [-0.15, -0.1) is 0 Å². The van der Waals surface area contributed by atoms with Gasteiger partial charge in [-0.1, -0.05) is 12.8 Å². The molecular weight excluding hydrogens is 184 g/mol. The molecule has 1 aliphatic carbocycles. The van der Waals surface area contributed by atoms with Crippen molar-refractivity contribution in [3.63, 3.8) is 0 Å². The molecule has 80 valence electrons. The Hall–Kier alpha value is -1.06. The number of hydrogen-bond acceptors (Lipinski definition) is 4. The quantitative estimate of drug-likeness (QED) is 0.513. The van der Waals surface area contributed by atoms with Crippen LogP contribution in [0.1, 0.15) is 39.5 Å². The minimum atomic E-state index is -0.674. The predicted molar refractivity (Wildman–Crippen MR) is 49.3 cm³/mol. The molecule has 0 spiro atoms. The highest BCUT2D eigenvalue weighted by molar-refractivity contribution is 5.68. The summed E-state index contributed by atoms with van der Waals surface area (Å²) >= 11 is 0. The lowest BCUT2D eigenvalue weighted by molar-refractivity contribution is -0.194. The third kappa shape index (κ3) is 3.36. The number of hydrogen-bond donors (Lipinski definition) is 0. The molecule has 1 aliphatic rings. The molecule has 0 aliphatic heterocycles. The fourth-order valence-corrected chi connectivity index (χ4v) is 1.77. The standard InChI is InChI=1S/C10H16O4/c1-7(11)13-10(14-8(2)12)9-5-3-4-6-9/h9-10H,3-6H2,1-2H3. The highest BCUT2D eigenvalue weighted by Crippen LogP contribution is 2.29. The van der Waals surface area contributed by atoms with Crippen molar-refractivity contribution in [2.75, 3.05) is 0 Å². The average Bonchev–Trinajstić information content (AvgIpc) is 2.52. The van der Waals surface area contributed by atoms with Gasteiger partial charge in [-0.2, -0.15) is 0 Å². The van der Waals surface area contributed by atoms with Gasteiger partial charge in [0.2, 0.25) is 6.29 Å². The molecule has 0 unspecified atom stereocenters. The second-order valence-corrected chi connectivity index (χ2v) is 3.63. The molecule has 4 heteroatoms. The summed E-state index contributed by atoms with van der Waals surface area (Å²) in [5, 5.41) is 0. The first-order valence-electron chi connectivity index (χ1n) is 4.94. The van der Waals surface area contributed by atoms with Gasteiger partial charge in [-0.3, -0.25) is 9.59 Å². The highest BCUT2D eigenvalue weighted by atomic mass is 16.7. The number of carbonyl (C=O) groups is 2. The van der Waals surface area contributed by atoms with Crippen molar-refractivity contribution in [3.05, 3.63) is 0 Å². The second-order valence-electron chi connectivity index (χ2n) is 3.63. The van der Waals surface area contributed by atoms with Crippen LogP contribution in [0.15, 0.2) is 0 Å². The van der Waals surface area contributed by atoms with Crippen LogP contribution in [0, 0.1) is 5.92 Å². The van der Waals surface area contributed by atoms with Gasteiger partial charge < -0.3 is 9.47 Å². The lowest BCUT2D eigenvalue weighted by atomic mass is 10.1. The summed E-state index contributed by atoms with van der Waals surface area (Å²) in [6, 6.07) is 0. The molecule has 0 amide bonds. The fourth-order valence-electron chi connectivity index (χ4n) is 1.77. The van der Waals surface area contributed by atoms with Crippen molar-refractivity contribution >= 4 is 11.9 Å². The van der Waals surface area contributed by atoms with E-state index in [0.717, 1.165) is 25.7 Å². The molecule has 1 rings (SSSR count). The molecule has 0 heterocycles. The van der Waals surface area contributed by atoms with E-state index in [1.807, 2.05) is 0 Å². The van der Waals surface area contributed by atoms with E-state index in [4.69, 9.17) is 9.47 Å². The van der Waals surface area contributed by atoms with Crippen molar-refractivity contribution < 1.29 is 19.1 Å². The van der Waals surface area contributed by atoms with E-state index in [9.17, 15) is 9.59 Å². The van der Waals surface area contributed by atoms with E-state index in [1.54, 1.807) is 0 Å². The van der Waals surface area contributed by atoms with Gasteiger partial charge in [-0.25, -0.2) is 0 Å². The zero-order valence-electron chi connectivity index (χ0n) is 8.62. The number of esters is 2. The van der Waals surface area contributed by atoms with E-state index >= 15 is 0 Å². The minimum Gasteiger partial charge on any atom is -0.425 e. The van der Waals surface area contributed by atoms with Gasteiger partial charge in [0.15, 0.2) is 0 Å². The van der Waals surface area contributed by atoms with E-state index in [0.29, 0.717) is 0 Å². The summed E-state index contributed by atoms with van der Waals surface area (Å²) < 4.78 is 9.93. The topological polar surface area (TPSA) is 52.6 Å².